The van der Waals surface area contributed by atoms with Crippen LogP contribution in [0.3, 0.4) is 0 Å². The molecule has 90 valence electrons. The van der Waals surface area contributed by atoms with Gasteiger partial charge in [0.25, 0.3) is 0 Å². The number of rotatable bonds is 4. The molecular formula is C10H13N5O2. The van der Waals surface area contributed by atoms with Gasteiger partial charge in [0.2, 0.25) is 5.96 Å². The fourth-order valence-corrected chi connectivity index (χ4v) is 1.53. The van der Waals surface area contributed by atoms with E-state index in [1.807, 2.05) is 6.92 Å². The largest absolute Gasteiger partial charge is 0.316 e. The van der Waals surface area contributed by atoms with Gasteiger partial charge in [-0.15, -0.1) is 0 Å². The van der Waals surface area contributed by atoms with Crippen LogP contribution < -0.4 is 10.6 Å². The number of hydrogen-bond donors (Lipinski definition) is 3. The highest BCUT2D eigenvalue weighted by Crippen LogP contribution is 2.05. The predicted octanol–water partition coefficient (Wildman–Crippen LogP) is -0.747. The van der Waals surface area contributed by atoms with E-state index in [-0.39, 0.29) is 5.96 Å². The van der Waals surface area contributed by atoms with Gasteiger partial charge in [-0.3, -0.25) is 30.3 Å². The third-order valence-electron chi connectivity index (χ3n) is 2.48. The van der Waals surface area contributed by atoms with Crippen LogP contribution in [0.2, 0.25) is 0 Å². The lowest BCUT2D eigenvalue weighted by molar-refractivity contribution is -0.135. The minimum absolute atomic E-state index is 0.240. The number of hydrogen-bond acceptors (Lipinski definition) is 4. The molecule has 0 spiro atoms. The van der Waals surface area contributed by atoms with Crippen molar-refractivity contribution in [2.75, 3.05) is 6.54 Å². The number of aromatic amines is 1. The molecule has 1 aromatic rings. The molecule has 0 saturated carbocycles. The van der Waals surface area contributed by atoms with Gasteiger partial charge in [0.1, 0.15) is 0 Å². The van der Waals surface area contributed by atoms with E-state index in [0.717, 1.165) is 24.1 Å². The molecule has 0 bridgehead atoms. The minimum Gasteiger partial charge on any atom is -0.288 e. The Kier molecular flexibility index (Phi) is 3.17. The Morgan fingerprint density at radius 3 is 2.59 bits per heavy atom. The third kappa shape index (κ3) is 2.68. The maximum absolute atomic E-state index is 10.8. The van der Waals surface area contributed by atoms with Crippen molar-refractivity contribution in [2.45, 2.75) is 19.8 Å². The van der Waals surface area contributed by atoms with Crippen molar-refractivity contribution < 1.29 is 9.59 Å². The van der Waals surface area contributed by atoms with E-state index < -0.39 is 11.8 Å². The van der Waals surface area contributed by atoms with Crippen LogP contribution in [0.4, 0.5) is 0 Å². The molecule has 0 aliphatic carbocycles. The molecule has 2 amide bonds. The normalized spacial score (nSPS) is 14.8. The van der Waals surface area contributed by atoms with E-state index in [1.165, 1.54) is 0 Å². The van der Waals surface area contributed by atoms with E-state index in [1.54, 1.807) is 6.20 Å². The molecule has 1 aliphatic heterocycles. The van der Waals surface area contributed by atoms with E-state index in [2.05, 4.69) is 25.8 Å². The first-order chi connectivity index (χ1) is 8.16. The number of amides is 2. The summed E-state index contributed by atoms with van der Waals surface area (Å²) in [7, 11) is 0. The van der Waals surface area contributed by atoms with Gasteiger partial charge in [-0.1, -0.05) is 0 Å². The van der Waals surface area contributed by atoms with Crippen molar-refractivity contribution in [2.24, 2.45) is 4.99 Å². The molecule has 0 aromatic carbocycles. The fraction of sp³-hybridized carbons (Fsp3) is 0.400. The van der Waals surface area contributed by atoms with E-state index >= 15 is 0 Å². The number of H-pyrrole nitrogens is 1. The maximum Gasteiger partial charge on any atom is 0.316 e. The van der Waals surface area contributed by atoms with E-state index in [0.29, 0.717) is 6.54 Å². The van der Waals surface area contributed by atoms with Gasteiger partial charge in [0.05, 0.1) is 6.20 Å². The van der Waals surface area contributed by atoms with Gasteiger partial charge in [0, 0.05) is 12.2 Å². The Balaban J connectivity index is 1.77. The number of carbonyl (C=O) groups excluding carboxylic acids is 2. The zero-order valence-electron chi connectivity index (χ0n) is 9.41. The molecular weight excluding hydrogens is 222 g/mol. The van der Waals surface area contributed by atoms with Crippen LogP contribution in [0.5, 0.6) is 0 Å². The lowest BCUT2D eigenvalue weighted by Gasteiger charge is -1.98. The number of nitrogens with one attached hydrogen (secondary N) is 3. The van der Waals surface area contributed by atoms with Crippen LogP contribution in [0, 0.1) is 6.92 Å². The number of carbonyl (C=O) groups is 2. The molecule has 2 heterocycles. The summed E-state index contributed by atoms with van der Waals surface area (Å²) in [5.74, 6) is -1.08. The van der Waals surface area contributed by atoms with Crippen LogP contribution in [-0.2, 0) is 16.0 Å². The van der Waals surface area contributed by atoms with Crippen LogP contribution in [0.1, 0.15) is 17.7 Å². The minimum atomic E-state index is -0.658. The van der Waals surface area contributed by atoms with Crippen molar-refractivity contribution in [1.29, 1.82) is 0 Å². The highest BCUT2D eigenvalue weighted by atomic mass is 16.2. The average molecular weight is 235 g/mol. The first-order valence-electron chi connectivity index (χ1n) is 5.32. The van der Waals surface area contributed by atoms with Gasteiger partial charge in [-0.05, 0) is 25.3 Å². The molecule has 3 N–H and O–H groups in total. The summed E-state index contributed by atoms with van der Waals surface area (Å²) in [5.41, 5.74) is 2.21. The summed E-state index contributed by atoms with van der Waals surface area (Å²) in [6.07, 6.45) is 3.48. The average Bonchev–Trinajstić information content (AvgIpc) is 2.82. The molecule has 1 aromatic heterocycles. The molecule has 7 heteroatoms. The summed E-state index contributed by atoms with van der Waals surface area (Å²) >= 11 is 0. The Labute approximate surface area is 97.7 Å². The van der Waals surface area contributed by atoms with Crippen molar-refractivity contribution in [3.8, 4) is 0 Å². The number of aryl methyl sites for hydroxylation is 2. The first kappa shape index (κ1) is 11.3. The second kappa shape index (κ2) is 4.77. The quantitative estimate of drug-likeness (QED) is 0.473. The number of guanidine groups is 1. The lowest BCUT2D eigenvalue weighted by atomic mass is 10.1. The smallest absolute Gasteiger partial charge is 0.288 e. The molecule has 1 saturated heterocycles. The molecule has 2 rings (SSSR count). The summed E-state index contributed by atoms with van der Waals surface area (Å²) < 4.78 is 0. The fourth-order valence-electron chi connectivity index (χ4n) is 1.53. The van der Waals surface area contributed by atoms with Crippen molar-refractivity contribution in [3.63, 3.8) is 0 Å². The molecule has 0 radical (unpaired) electrons. The summed E-state index contributed by atoms with van der Waals surface area (Å²) in [5, 5.41) is 11.5. The standard InChI is InChI=1S/C10H13N5O2/c1-6-7(5-12-15-6)3-2-4-11-10-13-8(16)9(17)14-10/h5H,2-4H2,1H3,(H,12,15)(H2,11,13,14,16,17). The Morgan fingerprint density at radius 2 is 2.00 bits per heavy atom. The molecule has 1 aliphatic rings. The van der Waals surface area contributed by atoms with Gasteiger partial charge in [-0.2, -0.15) is 5.10 Å². The summed E-state index contributed by atoms with van der Waals surface area (Å²) in [6, 6.07) is 0. The second-order valence-corrected chi connectivity index (χ2v) is 3.76. The van der Waals surface area contributed by atoms with Crippen LogP contribution in [0.25, 0.3) is 0 Å². The summed E-state index contributed by atoms with van der Waals surface area (Å²) in [6.45, 7) is 2.51. The Hall–Kier alpha value is -2.18. The third-order valence-corrected chi connectivity index (χ3v) is 2.48. The Morgan fingerprint density at radius 1 is 1.29 bits per heavy atom. The van der Waals surface area contributed by atoms with Crippen LogP contribution >= 0.6 is 0 Å². The van der Waals surface area contributed by atoms with Gasteiger partial charge in [0.15, 0.2) is 0 Å². The zero-order valence-corrected chi connectivity index (χ0v) is 9.41. The topological polar surface area (TPSA) is 99.2 Å². The van der Waals surface area contributed by atoms with E-state index in [4.69, 9.17) is 0 Å². The zero-order chi connectivity index (χ0) is 12.3. The predicted molar refractivity (Wildman–Crippen MR) is 60.2 cm³/mol. The SMILES string of the molecule is Cc1[nH]ncc1CCCN=C1NC(=O)C(=O)N1. The van der Waals surface area contributed by atoms with Crippen molar-refractivity contribution in [1.82, 2.24) is 20.8 Å². The van der Waals surface area contributed by atoms with E-state index in [9.17, 15) is 9.59 Å². The number of aromatic nitrogens is 2. The van der Waals surface area contributed by atoms with Gasteiger partial charge in [-0.25, -0.2) is 0 Å². The maximum atomic E-state index is 10.8. The second-order valence-electron chi connectivity index (χ2n) is 3.76. The van der Waals surface area contributed by atoms with Crippen molar-refractivity contribution in [3.05, 3.63) is 17.5 Å². The number of aliphatic imine (C=N–C) groups is 1. The molecule has 1 fully saturated rings. The number of nitrogens with zero attached hydrogens (tertiary/aromatic N) is 2. The van der Waals surface area contributed by atoms with Gasteiger partial charge >= 0.3 is 11.8 Å². The first-order valence-corrected chi connectivity index (χ1v) is 5.32. The van der Waals surface area contributed by atoms with Gasteiger partial charge < -0.3 is 0 Å². The van der Waals surface area contributed by atoms with Crippen molar-refractivity contribution >= 4 is 17.8 Å². The summed E-state index contributed by atoms with van der Waals surface area (Å²) in [4.78, 5) is 25.7. The van der Waals surface area contributed by atoms with Crippen LogP contribution in [-0.4, -0.2) is 34.5 Å². The molecule has 17 heavy (non-hydrogen) atoms. The highest BCUT2D eigenvalue weighted by molar-refractivity contribution is 6.45. The highest BCUT2D eigenvalue weighted by Gasteiger charge is 2.24. The van der Waals surface area contributed by atoms with Crippen LogP contribution in [0.15, 0.2) is 11.2 Å². The molecule has 7 nitrogen and oxygen atoms in total. The lowest BCUT2D eigenvalue weighted by Crippen LogP contribution is -2.25. The molecule has 0 atom stereocenters. The monoisotopic (exact) mass is 235 g/mol. The molecule has 0 unspecified atom stereocenters. The Bertz CT molecular complexity index is 459.